The van der Waals surface area contributed by atoms with Gasteiger partial charge in [-0.25, -0.2) is 0 Å². The van der Waals surface area contributed by atoms with Crippen molar-refractivity contribution in [3.05, 3.63) is 20.8 Å². The highest BCUT2D eigenvalue weighted by Crippen LogP contribution is 2.25. The van der Waals surface area contributed by atoms with Gasteiger partial charge in [0.2, 0.25) is 0 Å². The molecule has 0 aliphatic heterocycles. The Morgan fingerprint density at radius 3 is 2.47 bits per heavy atom. The number of hydrogen-bond acceptors (Lipinski definition) is 3. The molecule has 0 saturated heterocycles. The van der Waals surface area contributed by atoms with Gasteiger partial charge >= 0.3 is 0 Å². The minimum absolute atomic E-state index is 0.428. The van der Waals surface area contributed by atoms with E-state index in [1.165, 1.54) is 9.35 Å². The van der Waals surface area contributed by atoms with Crippen molar-refractivity contribution in [3.8, 4) is 0 Å². The quantitative estimate of drug-likeness (QED) is 0.820. The van der Waals surface area contributed by atoms with Crippen LogP contribution < -0.4 is 5.32 Å². The lowest BCUT2D eigenvalue weighted by Crippen LogP contribution is -2.40. The molecule has 0 bridgehead atoms. The fraction of sp³-hybridized carbons (Fsp3) is 0.692. The van der Waals surface area contributed by atoms with Crippen molar-refractivity contribution in [1.29, 1.82) is 0 Å². The van der Waals surface area contributed by atoms with E-state index in [0.29, 0.717) is 12.1 Å². The van der Waals surface area contributed by atoms with Gasteiger partial charge in [0.15, 0.2) is 0 Å². The zero-order valence-electron chi connectivity index (χ0n) is 11.2. The third-order valence-corrected chi connectivity index (χ3v) is 4.85. The topological polar surface area (TPSA) is 15.3 Å². The summed E-state index contributed by atoms with van der Waals surface area (Å²) in [6.45, 7) is 12.3. The van der Waals surface area contributed by atoms with E-state index in [4.69, 9.17) is 0 Å². The Kier molecular flexibility index (Phi) is 6.70. The van der Waals surface area contributed by atoms with Crippen LogP contribution in [-0.4, -0.2) is 30.6 Å². The van der Waals surface area contributed by atoms with E-state index in [1.807, 2.05) is 11.3 Å². The Hall–Kier alpha value is 0.1000. The molecular formula is C13H23BrN2S. The molecule has 0 aromatic carbocycles. The summed E-state index contributed by atoms with van der Waals surface area (Å²) in [5, 5.41) is 5.80. The smallest absolute Gasteiger partial charge is 0.0389 e. The van der Waals surface area contributed by atoms with Crippen LogP contribution in [0.4, 0.5) is 0 Å². The molecule has 0 aliphatic carbocycles. The van der Waals surface area contributed by atoms with Gasteiger partial charge < -0.3 is 10.2 Å². The van der Waals surface area contributed by atoms with Gasteiger partial charge in [-0.1, -0.05) is 13.8 Å². The van der Waals surface area contributed by atoms with Crippen LogP contribution in [-0.2, 0) is 0 Å². The SMILES string of the molecule is CCN(CC)CC(C)NC(C)c1cc(Br)cs1. The van der Waals surface area contributed by atoms with Crippen LogP contribution in [0.3, 0.4) is 0 Å². The average molecular weight is 319 g/mol. The maximum atomic E-state index is 3.66. The lowest BCUT2D eigenvalue weighted by atomic mass is 10.2. The highest BCUT2D eigenvalue weighted by Gasteiger charge is 2.13. The summed E-state index contributed by atoms with van der Waals surface area (Å²) in [7, 11) is 0. The summed E-state index contributed by atoms with van der Waals surface area (Å²) in [5.41, 5.74) is 0. The van der Waals surface area contributed by atoms with Crippen molar-refractivity contribution in [2.45, 2.75) is 39.8 Å². The Labute approximate surface area is 118 Å². The first-order valence-corrected chi connectivity index (χ1v) is 7.96. The summed E-state index contributed by atoms with van der Waals surface area (Å²) >= 11 is 5.31. The standard InChI is InChI=1S/C13H23BrN2S/c1-5-16(6-2)8-10(3)15-11(4)13-7-12(14)9-17-13/h7,9-11,15H,5-6,8H2,1-4H3. The lowest BCUT2D eigenvalue weighted by Gasteiger charge is -2.25. The van der Waals surface area contributed by atoms with E-state index in [1.54, 1.807) is 0 Å². The van der Waals surface area contributed by atoms with Crippen LogP contribution in [0.2, 0.25) is 0 Å². The van der Waals surface area contributed by atoms with Crippen molar-refractivity contribution in [2.75, 3.05) is 19.6 Å². The molecule has 1 heterocycles. The first-order chi connectivity index (χ1) is 8.06. The molecule has 4 heteroatoms. The first kappa shape index (κ1) is 15.2. The number of rotatable bonds is 7. The van der Waals surface area contributed by atoms with Crippen molar-refractivity contribution in [3.63, 3.8) is 0 Å². The van der Waals surface area contributed by atoms with Gasteiger partial charge in [0, 0.05) is 33.4 Å². The Balaban J connectivity index is 2.42. The van der Waals surface area contributed by atoms with Gasteiger partial charge in [-0.3, -0.25) is 0 Å². The van der Waals surface area contributed by atoms with Crippen LogP contribution in [0, 0.1) is 0 Å². The second kappa shape index (κ2) is 7.52. The van der Waals surface area contributed by atoms with Crippen LogP contribution in [0.1, 0.15) is 38.6 Å². The van der Waals surface area contributed by atoms with E-state index < -0.39 is 0 Å². The van der Waals surface area contributed by atoms with Crippen LogP contribution in [0.25, 0.3) is 0 Å². The summed E-state index contributed by atoms with van der Waals surface area (Å²) < 4.78 is 1.18. The number of hydrogen-bond donors (Lipinski definition) is 1. The minimum Gasteiger partial charge on any atom is -0.306 e. The summed E-state index contributed by atoms with van der Waals surface area (Å²) in [5.74, 6) is 0. The molecular weight excluding hydrogens is 296 g/mol. The average Bonchev–Trinajstić information content (AvgIpc) is 2.72. The molecule has 2 nitrogen and oxygen atoms in total. The number of nitrogens with zero attached hydrogens (tertiary/aromatic N) is 1. The molecule has 2 atom stereocenters. The number of likely N-dealkylation sites (N-methyl/N-ethyl adjacent to an activating group) is 1. The van der Waals surface area contributed by atoms with Crippen LogP contribution in [0.15, 0.2) is 15.9 Å². The molecule has 2 unspecified atom stereocenters. The Morgan fingerprint density at radius 2 is 2.00 bits per heavy atom. The molecule has 0 spiro atoms. The molecule has 17 heavy (non-hydrogen) atoms. The van der Waals surface area contributed by atoms with Gasteiger partial charge in [0.05, 0.1) is 0 Å². The fourth-order valence-electron chi connectivity index (χ4n) is 1.99. The van der Waals surface area contributed by atoms with Crippen LogP contribution >= 0.6 is 27.3 Å². The second-order valence-electron chi connectivity index (χ2n) is 4.44. The number of nitrogens with one attached hydrogen (secondary N) is 1. The third kappa shape index (κ3) is 5.08. The van der Waals surface area contributed by atoms with Crippen molar-refractivity contribution in [1.82, 2.24) is 10.2 Å². The van der Waals surface area contributed by atoms with Gasteiger partial charge in [0.25, 0.3) is 0 Å². The highest BCUT2D eigenvalue weighted by molar-refractivity contribution is 9.10. The molecule has 0 aliphatic rings. The zero-order valence-corrected chi connectivity index (χ0v) is 13.6. The van der Waals surface area contributed by atoms with Crippen molar-refractivity contribution < 1.29 is 0 Å². The van der Waals surface area contributed by atoms with E-state index in [9.17, 15) is 0 Å². The van der Waals surface area contributed by atoms with Gasteiger partial charge in [0.1, 0.15) is 0 Å². The monoisotopic (exact) mass is 318 g/mol. The molecule has 1 rings (SSSR count). The zero-order chi connectivity index (χ0) is 12.8. The Bertz CT molecular complexity index is 323. The maximum Gasteiger partial charge on any atom is 0.0389 e. The molecule has 0 saturated carbocycles. The van der Waals surface area contributed by atoms with Crippen molar-refractivity contribution in [2.24, 2.45) is 0 Å². The molecule has 98 valence electrons. The highest BCUT2D eigenvalue weighted by atomic mass is 79.9. The van der Waals surface area contributed by atoms with E-state index >= 15 is 0 Å². The molecule has 0 radical (unpaired) electrons. The molecule has 0 amide bonds. The summed E-state index contributed by atoms with van der Waals surface area (Å²) in [4.78, 5) is 3.85. The predicted octanol–water partition coefficient (Wildman–Crippen LogP) is 3.89. The summed E-state index contributed by atoms with van der Waals surface area (Å²) in [6.07, 6.45) is 0. The van der Waals surface area contributed by atoms with Gasteiger partial charge in [-0.15, -0.1) is 11.3 Å². The third-order valence-electron chi connectivity index (χ3n) is 2.98. The normalized spacial score (nSPS) is 15.2. The van der Waals surface area contributed by atoms with Crippen molar-refractivity contribution >= 4 is 27.3 Å². The molecule has 0 fully saturated rings. The lowest BCUT2D eigenvalue weighted by molar-refractivity contribution is 0.264. The van der Waals surface area contributed by atoms with Crippen LogP contribution in [0.5, 0.6) is 0 Å². The molecule has 1 N–H and O–H groups in total. The second-order valence-corrected chi connectivity index (χ2v) is 6.30. The minimum atomic E-state index is 0.428. The molecule has 1 aromatic heterocycles. The van der Waals surface area contributed by atoms with E-state index in [2.05, 4.69) is 65.3 Å². The van der Waals surface area contributed by atoms with Gasteiger partial charge in [-0.2, -0.15) is 0 Å². The first-order valence-electron chi connectivity index (χ1n) is 6.29. The summed E-state index contributed by atoms with van der Waals surface area (Å²) in [6, 6.07) is 3.15. The number of thiophene rings is 1. The fourth-order valence-corrected chi connectivity index (χ4v) is 3.45. The number of halogens is 1. The maximum absolute atomic E-state index is 3.66. The molecule has 1 aromatic rings. The largest absolute Gasteiger partial charge is 0.306 e. The van der Waals surface area contributed by atoms with E-state index in [0.717, 1.165) is 19.6 Å². The van der Waals surface area contributed by atoms with E-state index in [-0.39, 0.29) is 0 Å². The predicted molar refractivity (Wildman–Crippen MR) is 80.8 cm³/mol. The Morgan fingerprint density at radius 1 is 1.35 bits per heavy atom. The van der Waals surface area contributed by atoms with Gasteiger partial charge in [-0.05, 0) is 48.9 Å².